The quantitative estimate of drug-likeness (QED) is 0.444. The lowest BCUT2D eigenvalue weighted by Crippen LogP contribution is -2.30. The van der Waals surface area contributed by atoms with Crippen molar-refractivity contribution in [1.82, 2.24) is 4.90 Å². The molecule has 0 heterocycles. The molecule has 0 fully saturated rings. The SMILES string of the molecule is CCCOCCOC(=O)CN(C)CCC(=O)O. The van der Waals surface area contributed by atoms with E-state index in [1.165, 1.54) is 0 Å². The van der Waals surface area contributed by atoms with Crippen LogP contribution in [-0.2, 0) is 19.1 Å². The number of esters is 1. The third-order valence-electron chi connectivity index (χ3n) is 1.95. The summed E-state index contributed by atoms with van der Waals surface area (Å²) in [5.41, 5.74) is 0. The molecule has 0 aromatic carbocycles. The largest absolute Gasteiger partial charge is 0.481 e. The first-order chi connectivity index (χ1) is 8.06. The van der Waals surface area contributed by atoms with Crippen LogP contribution >= 0.6 is 0 Å². The highest BCUT2D eigenvalue weighted by Crippen LogP contribution is 1.90. The standard InChI is InChI=1S/C11H21NO5/c1-3-6-16-7-8-17-11(15)9-12(2)5-4-10(13)14/h3-9H2,1-2H3,(H,13,14). The fourth-order valence-electron chi connectivity index (χ4n) is 1.09. The molecule has 0 saturated carbocycles. The zero-order chi connectivity index (χ0) is 13.1. The molecule has 100 valence electrons. The van der Waals surface area contributed by atoms with Crippen molar-refractivity contribution in [2.24, 2.45) is 0 Å². The van der Waals surface area contributed by atoms with E-state index in [9.17, 15) is 9.59 Å². The number of rotatable bonds is 10. The molecule has 0 bridgehead atoms. The Morgan fingerprint density at radius 3 is 2.53 bits per heavy atom. The molecule has 0 radical (unpaired) electrons. The highest BCUT2D eigenvalue weighted by molar-refractivity contribution is 5.71. The Hall–Kier alpha value is -1.14. The maximum atomic E-state index is 11.3. The minimum absolute atomic E-state index is 0.0173. The van der Waals surface area contributed by atoms with Gasteiger partial charge in [0.2, 0.25) is 0 Å². The first kappa shape index (κ1) is 15.9. The van der Waals surface area contributed by atoms with Crippen LogP contribution in [0.15, 0.2) is 0 Å². The summed E-state index contributed by atoms with van der Waals surface area (Å²) in [6.45, 7) is 3.74. The van der Waals surface area contributed by atoms with E-state index in [0.29, 0.717) is 19.8 Å². The fourth-order valence-corrected chi connectivity index (χ4v) is 1.09. The van der Waals surface area contributed by atoms with Crippen LogP contribution in [-0.4, -0.2) is 61.9 Å². The molecule has 0 aromatic heterocycles. The highest BCUT2D eigenvalue weighted by atomic mass is 16.6. The molecule has 0 saturated heterocycles. The number of carbonyl (C=O) groups excluding carboxylic acids is 1. The second-order valence-corrected chi connectivity index (χ2v) is 3.71. The van der Waals surface area contributed by atoms with Crippen LogP contribution in [0.25, 0.3) is 0 Å². The summed E-state index contributed by atoms with van der Waals surface area (Å²) in [6.07, 6.45) is 0.954. The third-order valence-corrected chi connectivity index (χ3v) is 1.95. The molecule has 0 aromatic rings. The van der Waals surface area contributed by atoms with Gasteiger partial charge in [-0.15, -0.1) is 0 Å². The van der Waals surface area contributed by atoms with Gasteiger partial charge in [0, 0.05) is 13.2 Å². The van der Waals surface area contributed by atoms with Gasteiger partial charge in [0.05, 0.1) is 19.6 Å². The van der Waals surface area contributed by atoms with Crippen molar-refractivity contribution >= 4 is 11.9 Å². The van der Waals surface area contributed by atoms with E-state index >= 15 is 0 Å². The van der Waals surface area contributed by atoms with Gasteiger partial charge in [-0.3, -0.25) is 14.5 Å². The molecule has 0 unspecified atom stereocenters. The van der Waals surface area contributed by atoms with E-state index in [4.69, 9.17) is 14.6 Å². The molecular formula is C11H21NO5. The maximum absolute atomic E-state index is 11.3. The number of likely N-dealkylation sites (N-methyl/N-ethyl adjacent to an activating group) is 1. The van der Waals surface area contributed by atoms with E-state index in [1.807, 2.05) is 6.92 Å². The summed E-state index contributed by atoms with van der Waals surface area (Å²) in [7, 11) is 1.68. The van der Waals surface area contributed by atoms with Gasteiger partial charge < -0.3 is 14.6 Å². The zero-order valence-electron chi connectivity index (χ0n) is 10.5. The highest BCUT2D eigenvalue weighted by Gasteiger charge is 2.08. The summed E-state index contributed by atoms with van der Waals surface area (Å²) in [5.74, 6) is -1.24. The number of nitrogens with zero attached hydrogens (tertiary/aromatic N) is 1. The van der Waals surface area contributed by atoms with Crippen molar-refractivity contribution in [3.05, 3.63) is 0 Å². The van der Waals surface area contributed by atoms with Crippen LogP contribution in [0.5, 0.6) is 0 Å². The van der Waals surface area contributed by atoms with Crippen molar-refractivity contribution in [1.29, 1.82) is 0 Å². The number of ether oxygens (including phenoxy) is 2. The minimum Gasteiger partial charge on any atom is -0.481 e. The average molecular weight is 247 g/mol. The molecule has 0 aliphatic rings. The fraction of sp³-hybridized carbons (Fsp3) is 0.818. The lowest BCUT2D eigenvalue weighted by Gasteiger charge is -2.14. The van der Waals surface area contributed by atoms with Crippen molar-refractivity contribution in [2.45, 2.75) is 19.8 Å². The molecule has 0 spiro atoms. The van der Waals surface area contributed by atoms with Crippen LogP contribution in [0, 0.1) is 0 Å². The average Bonchev–Trinajstić information content (AvgIpc) is 2.26. The van der Waals surface area contributed by atoms with Gasteiger partial charge >= 0.3 is 11.9 Å². The number of aliphatic carboxylic acids is 1. The lowest BCUT2D eigenvalue weighted by molar-refractivity contribution is -0.147. The van der Waals surface area contributed by atoms with Gasteiger partial charge in [-0.1, -0.05) is 6.92 Å². The van der Waals surface area contributed by atoms with Crippen molar-refractivity contribution < 1.29 is 24.2 Å². The molecule has 0 aliphatic heterocycles. The summed E-state index contributed by atoms with van der Waals surface area (Å²) in [6, 6.07) is 0. The first-order valence-corrected chi connectivity index (χ1v) is 5.70. The third kappa shape index (κ3) is 11.1. The van der Waals surface area contributed by atoms with E-state index in [1.54, 1.807) is 11.9 Å². The van der Waals surface area contributed by atoms with Gasteiger partial charge in [0.15, 0.2) is 0 Å². The Bertz CT molecular complexity index is 232. The molecule has 0 atom stereocenters. The number of hydrogen-bond acceptors (Lipinski definition) is 5. The molecule has 6 heteroatoms. The first-order valence-electron chi connectivity index (χ1n) is 5.70. The molecule has 0 rings (SSSR count). The molecule has 6 nitrogen and oxygen atoms in total. The van der Waals surface area contributed by atoms with Gasteiger partial charge in [-0.2, -0.15) is 0 Å². The summed E-state index contributed by atoms with van der Waals surface area (Å²) >= 11 is 0. The Morgan fingerprint density at radius 2 is 1.94 bits per heavy atom. The number of carboxylic acid groups (broad SMARTS) is 1. The zero-order valence-corrected chi connectivity index (χ0v) is 10.5. The van der Waals surface area contributed by atoms with Crippen LogP contribution in [0.3, 0.4) is 0 Å². The van der Waals surface area contributed by atoms with Crippen molar-refractivity contribution in [3.8, 4) is 0 Å². The monoisotopic (exact) mass is 247 g/mol. The Balaban J connectivity index is 3.47. The van der Waals surface area contributed by atoms with Crippen LogP contribution in [0.4, 0.5) is 0 Å². The van der Waals surface area contributed by atoms with Gasteiger partial charge in [0.1, 0.15) is 6.61 Å². The van der Waals surface area contributed by atoms with E-state index in [-0.39, 0.29) is 25.5 Å². The van der Waals surface area contributed by atoms with Crippen molar-refractivity contribution in [2.75, 3.05) is 40.0 Å². The Kier molecular flexibility index (Phi) is 9.37. The lowest BCUT2D eigenvalue weighted by atomic mass is 10.4. The maximum Gasteiger partial charge on any atom is 0.320 e. The van der Waals surface area contributed by atoms with Crippen LogP contribution in [0.1, 0.15) is 19.8 Å². The number of carboxylic acids is 1. The second kappa shape index (κ2) is 10.0. The van der Waals surface area contributed by atoms with Crippen molar-refractivity contribution in [3.63, 3.8) is 0 Å². The summed E-state index contributed by atoms with van der Waals surface area (Å²) in [4.78, 5) is 23.2. The van der Waals surface area contributed by atoms with E-state index in [0.717, 1.165) is 6.42 Å². The number of carbonyl (C=O) groups is 2. The predicted octanol–water partition coefficient (Wildman–Crippen LogP) is 0.363. The molecule has 1 N–H and O–H groups in total. The molecule has 17 heavy (non-hydrogen) atoms. The Labute approximate surface area is 101 Å². The minimum atomic E-state index is -0.877. The van der Waals surface area contributed by atoms with Crippen LogP contribution < -0.4 is 0 Å². The predicted molar refractivity (Wildman–Crippen MR) is 61.8 cm³/mol. The van der Waals surface area contributed by atoms with E-state index in [2.05, 4.69) is 0 Å². The second-order valence-electron chi connectivity index (χ2n) is 3.71. The number of hydrogen-bond donors (Lipinski definition) is 1. The molecule has 0 aliphatic carbocycles. The summed E-state index contributed by atoms with van der Waals surface area (Å²) in [5, 5.41) is 8.46. The van der Waals surface area contributed by atoms with E-state index < -0.39 is 5.97 Å². The normalized spacial score (nSPS) is 10.5. The van der Waals surface area contributed by atoms with Crippen LogP contribution in [0.2, 0.25) is 0 Å². The van der Waals surface area contributed by atoms with Gasteiger partial charge in [0.25, 0.3) is 0 Å². The molecule has 0 amide bonds. The van der Waals surface area contributed by atoms with Gasteiger partial charge in [-0.25, -0.2) is 0 Å². The Morgan fingerprint density at radius 1 is 1.24 bits per heavy atom. The molecular weight excluding hydrogens is 226 g/mol. The summed E-state index contributed by atoms with van der Waals surface area (Å²) < 4.78 is 10.1. The van der Waals surface area contributed by atoms with Gasteiger partial charge in [-0.05, 0) is 13.5 Å². The topological polar surface area (TPSA) is 76.1 Å². The smallest absolute Gasteiger partial charge is 0.320 e.